The molecule has 1 aliphatic heterocycles. The number of likely N-dealkylation sites (tertiary alicyclic amines) is 1. The standard InChI is InChI=1S/C20H23N9O3/c1-5-29-12(3)14(8-23-29)17-24-16-18(27(17)4)21-10-22-19(16)31-13-6-7-28(9-13)20(30)15-11(2)25-32-26-15/h8,10,13H,5-7,9H2,1-4H3. The first-order valence-electron chi connectivity index (χ1n) is 10.4. The summed E-state index contributed by atoms with van der Waals surface area (Å²) in [5, 5.41) is 11.8. The van der Waals surface area contributed by atoms with Crippen LogP contribution >= 0.6 is 0 Å². The number of rotatable bonds is 5. The highest BCUT2D eigenvalue weighted by Crippen LogP contribution is 2.30. The van der Waals surface area contributed by atoms with Crippen LogP contribution in [0.5, 0.6) is 5.88 Å². The van der Waals surface area contributed by atoms with Crippen LogP contribution in [0.2, 0.25) is 0 Å². The fraction of sp³-hybridized carbons (Fsp3) is 0.450. The van der Waals surface area contributed by atoms with E-state index in [9.17, 15) is 4.79 Å². The van der Waals surface area contributed by atoms with Gasteiger partial charge in [-0.3, -0.25) is 9.48 Å². The molecular formula is C20H23N9O3. The Morgan fingerprint density at radius 1 is 1.28 bits per heavy atom. The first-order chi connectivity index (χ1) is 15.5. The highest BCUT2D eigenvalue weighted by molar-refractivity contribution is 5.93. The highest BCUT2D eigenvalue weighted by atomic mass is 16.6. The average molecular weight is 437 g/mol. The lowest BCUT2D eigenvalue weighted by Crippen LogP contribution is -2.31. The number of nitrogens with zero attached hydrogens (tertiary/aromatic N) is 9. The topological polar surface area (TPSA) is 130 Å². The van der Waals surface area contributed by atoms with Gasteiger partial charge in [0, 0.05) is 32.3 Å². The van der Waals surface area contributed by atoms with Crippen molar-refractivity contribution < 1.29 is 14.2 Å². The maximum absolute atomic E-state index is 12.7. The van der Waals surface area contributed by atoms with Gasteiger partial charge in [-0.05, 0) is 25.9 Å². The molecule has 4 aromatic heterocycles. The molecule has 0 radical (unpaired) electrons. The number of imidazole rings is 1. The molecule has 5 heterocycles. The second-order valence-electron chi connectivity index (χ2n) is 7.78. The Balaban J connectivity index is 1.40. The van der Waals surface area contributed by atoms with Gasteiger partial charge in [0.25, 0.3) is 5.91 Å². The lowest BCUT2D eigenvalue weighted by atomic mass is 10.2. The van der Waals surface area contributed by atoms with Crippen LogP contribution in [0, 0.1) is 13.8 Å². The van der Waals surface area contributed by atoms with Gasteiger partial charge in [-0.25, -0.2) is 14.6 Å². The number of hydrogen-bond donors (Lipinski definition) is 0. The molecule has 1 saturated heterocycles. The van der Waals surface area contributed by atoms with Gasteiger partial charge in [-0.1, -0.05) is 5.16 Å². The van der Waals surface area contributed by atoms with E-state index in [4.69, 9.17) is 9.72 Å². The van der Waals surface area contributed by atoms with Gasteiger partial charge in [0.2, 0.25) is 5.88 Å². The molecule has 166 valence electrons. The number of carbonyl (C=O) groups is 1. The second kappa shape index (κ2) is 7.70. The summed E-state index contributed by atoms with van der Waals surface area (Å²) in [6.45, 7) is 7.50. The van der Waals surface area contributed by atoms with Crippen molar-refractivity contribution in [2.75, 3.05) is 13.1 Å². The van der Waals surface area contributed by atoms with Crippen molar-refractivity contribution in [1.29, 1.82) is 0 Å². The van der Waals surface area contributed by atoms with E-state index in [1.165, 1.54) is 6.33 Å². The monoisotopic (exact) mass is 437 g/mol. The summed E-state index contributed by atoms with van der Waals surface area (Å²) in [7, 11) is 1.91. The largest absolute Gasteiger partial charge is 0.471 e. The summed E-state index contributed by atoms with van der Waals surface area (Å²) in [6, 6.07) is 0. The summed E-state index contributed by atoms with van der Waals surface area (Å²) >= 11 is 0. The summed E-state index contributed by atoms with van der Waals surface area (Å²) in [5.41, 5.74) is 3.92. The smallest absolute Gasteiger partial charge is 0.278 e. The van der Waals surface area contributed by atoms with Crippen LogP contribution < -0.4 is 4.74 Å². The quantitative estimate of drug-likeness (QED) is 0.456. The van der Waals surface area contributed by atoms with Crippen LogP contribution in [0.25, 0.3) is 22.6 Å². The number of ether oxygens (including phenoxy) is 1. The van der Waals surface area contributed by atoms with E-state index in [0.29, 0.717) is 42.2 Å². The van der Waals surface area contributed by atoms with E-state index < -0.39 is 0 Å². The number of aryl methyl sites for hydroxylation is 3. The third kappa shape index (κ3) is 3.18. The third-order valence-electron chi connectivity index (χ3n) is 5.83. The molecule has 0 aliphatic carbocycles. The van der Waals surface area contributed by atoms with E-state index in [0.717, 1.165) is 23.6 Å². The first kappa shape index (κ1) is 20.1. The number of fused-ring (bicyclic) bond motifs is 1. The van der Waals surface area contributed by atoms with Crippen molar-refractivity contribution in [2.24, 2.45) is 7.05 Å². The first-order valence-corrected chi connectivity index (χ1v) is 10.4. The summed E-state index contributed by atoms with van der Waals surface area (Å²) in [6.07, 6.45) is 3.74. The van der Waals surface area contributed by atoms with Gasteiger partial charge >= 0.3 is 0 Å². The zero-order chi connectivity index (χ0) is 22.4. The van der Waals surface area contributed by atoms with Crippen molar-refractivity contribution in [1.82, 2.24) is 44.5 Å². The van der Waals surface area contributed by atoms with Crippen LogP contribution in [0.4, 0.5) is 0 Å². The molecule has 1 atom stereocenters. The average Bonchev–Trinajstić information content (AvgIpc) is 3.56. The Labute approximate surface area is 183 Å². The summed E-state index contributed by atoms with van der Waals surface area (Å²) in [5.74, 6) is 0.932. The fourth-order valence-corrected chi connectivity index (χ4v) is 4.03. The Morgan fingerprint density at radius 2 is 2.12 bits per heavy atom. The van der Waals surface area contributed by atoms with Gasteiger partial charge in [-0.15, -0.1) is 0 Å². The molecule has 12 heteroatoms. The molecule has 0 bridgehead atoms. The van der Waals surface area contributed by atoms with Gasteiger partial charge < -0.3 is 14.2 Å². The lowest BCUT2D eigenvalue weighted by molar-refractivity contribution is 0.0760. The van der Waals surface area contributed by atoms with Crippen LogP contribution in [-0.4, -0.2) is 69.6 Å². The molecule has 1 unspecified atom stereocenters. The van der Waals surface area contributed by atoms with Crippen LogP contribution in [0.1, 0.15) is 35.2 Å². The molecule has 0 saturated carbocycles. The Hall–Kier alpha value is -3.83. The van der Waals surface area contributed by atoms with Crippen LogP contribution in [-0.2, 0) is 13.6 Å². The Bertz CT molecular complexity index is 1310. The normalized spacial score (nSPS) is 16.2. The van der Waals surface area contributed by atoms with Crippen molar-refractivity contribution >= 4 is 17.1 Å². The summed E-state index contributed by atoms with van der Waals surface area (Å²) < 4.78 is 14.7. The van der Waals surface area contributed by atoms with Gasteiger partial charge in [0.05, 0.1) is 18.3 Å². The molecular weight excluding hydrogens is 414 g/mol. The molecule has 0 aromatic carbocycles. The van der Waals surface area contributed by atoms with Crippen molar-refractivity contribution in [2.45, 2.75) is 39.8 Å². The zero-order valence-corrected chi connectivity index (χ0v) is 18.3. The fourth-order valence-electron chi connectivity index (χ4n) is 4.03. The van der Waals surface area contributed by atoms with Gasteiger partial charge in [0.1, 0.15) is 23.9 Å². The minimum Gasteiger partial charge on any atom is -0.471 e. The second-order valence-corrected chi connectivity index (χ2v) is 7.78. The number of hydrogen-bond acceptors (Lipinski definition) is 9. The Morgan fingerprint density at radius 3 is 2.84 bits per heavy atom. The molecule has 1 aliphatic rings. The molecule has 1 amide bonds. The van der Waals surface area contributed by atoms with E-state index in [1.54, 1.807) is 11.8 Å². The molecule has 1 fully saturated rings. The van der Waals surface area contributed by atoms with Crippen LogP contribution in [0.3, 0.4) is 0 Å². The van der Waals surface area contributed by atoms with Crippen LogP contribution in [0.15, 0.2) is 17.2 Å². The predicted octanol–water partition coefficient (Wildman–Crippen LogP) is 1.54. The Kier molecular flexibility index (Phi) is 4.83. The molecule has 0 spiro atoms. The molecule has 12 nitrogen and oxygen atoms in total. The SMILES string of the molecule is CCn1ncc(-c2nc3c(OC4CCN(C(=O)c5nonc5C)C4)ncnc3n2C)c1C. The number of aromatic nitrogens is 8. The minimum absolute atomic E-state index is 0.216. The van der Waals surface area contributed by atoms with Gasteiger partial charge in [-0.2, -0.15) is 10.1 Å². The molecule has 5 rings (SSSR count). The molecule has 32 heavy (non-hydrogen) atoms. The van der Waals surface area contributed by atoms with E-state index in [1.807, 2.05) is 36.3 Å². The van der Waals surface area contributed by atoms with E-state index >= 15 is 0 Å². The highest BCUT2D eigenvalue weighted by Gasteiger charge is 2.32. The van der Waals surface area contributed by atoms with Crippen molar-refractivity contribution in [3.63, 3.8) is 0 Å². The molecule has 4 aromatic rings. The number of amides is 1. The van der Waals surface area contributed by atoms with Crippen molar-refractivity contribution in [3.8, 4) is 17.3 Å². The minimum atomic E-state index is -0.216. The maximum Gasteiger partial charge on any atom is 0.278 e. The van der Waals surface area contributed by atoms with E-state index in [2.05, 4.69) is 30.0 Å². The number of carbonyl (C=O) groups excluding carboxylic acids is 1. The summed E-state index contributed by atoms with van der Waals surface area (Å²) in [4.78, 5) is 27.9. The molecule has 0 N–H and O–H groups in total. The zero-order valence-electron chi connectivity index (χ0n) is 18.3. The lowest BCUT2D eigenvalue weighted by Gasteiger charge is -2.15. The predicted molar refractivity (Wildman–Crippen MR) is 112 cm³/mol. The maximum atomic E-state index is 12.7. The van der Waals surface area contributed by atoms with E-state index in [-0.39, 0.29) is 17.7 Å². The van der Waals surface area contributed by atoms with Gasteiger partial charge in [0.15, 0.2) is 16.9 Å². The third-order valence-corrected chi connectivity index (χ3v) is 5.83. The van der Waals surface area contributed by atoms with Crippen molar-refractivity contribution in [3.05, 3.63) is 29.6 Å².